The van der Waals surface area contributed by atoms with Crippen LogP contribution < -0.4 is 26.0 Å². The number of aromatic nitrogens is 3. The molecule has 2 aromatic heterocycles. The number of rotatable bonds is 6. The molecule has 2 aromatic carbocycles. The number of alkyl halides is 3. The first-order chi connectivity index (χ1) is 16.5. The van der Waals surface area contributed by atoms with Crippen molar-refractivity contribution in [1.82, 2.24) is 14.7 Å². The van der Waals surface area contributed by atoms with E-state index in [-0.39, 0.29) is 39.0 Å². The van der Waals surface area contributed by atoms with Crippen molar-refractivity contribution in [3.63, 3.8) is 0 Å². The number of ether oxygens (including phenoxy) is 1. The Bertz CT molecular complexity index is 1480. The molecule has 0 spiro atoms. The third-order valence-electron chi connectivity index (χ3n) is 4.60. The first-order valence-electron chi connectivity index (χ1n) is 9.71. The number of hydrogen-bond donors (Lipinski definition) is 2. The molecule has 0 aliphatic heterocycles. The van der Waals surface area contributed by atoms with Gasteiger partial charge in [0.25, 0.3) is 0 Å². The van der Waals surface area contributed by atoms with Gasteiger partial charge in [0.2, 0.25) is 5.95 Å². The van der Waals surface area contributed by atoms with Crippen molar-refractivity contribution in [3.8, 4) is 5.75 Å². The third-order valence-corrected chi connectivity index (χ3v) is 4.60. The monoisotopic (exact) mass is 493 g/mol. The van der Waals surface area contributed by atoms with E-state index in [1.165, 1.54) is 43.6 Å². The molecule has 4 rings (SSSR count). The molecular formula is C21H15F4N5O5. The molecule has 0 unspecified atom stereocenters. The number of carbonyl (C=O) groups is 1. The predicted octanol–water partition coefficient (Wildman–Crippen LogP) is 3.85. The number of nitrogens with zero attached hydrogens (tertiary/aromatic N) is 3. The Labute approximate surface area is 193 Å². The van der Waals surface area contributed by atoms with Crippen molar-refractivity contribution in [2.75, 3.05) is 17.7 Å². The van der Waals surface area contributed by atoms with E-state index >= 15 is 0 Å². The van der Waals surface area contributed by atoms with Crippen molar-refractivity contribution in [3.05, 3.63) is 64.5 Å². The van der Waals surface area contributed by atoms with Crippen molar-refractivity contribution >= 4 is 40.2 Å². The standard InChI is InChI=1S/C21H15F4N5O5/c1-10-9-26-19(28-14-5-4-12(33-2)8-13(14)22)29-17(10)27-11-3-6-16-15(7-11)30(20(32)34-16)35-18(31)21(23,24)25/h3-9H,1-2H3,(H2,26,27,28,29). The number of hydrogen-bond acceptors (Lipinski definition) is 9. The fourth-order valence-electron chi connectivity index (χ4n) is 2.91. The topological polar surface area (TPSA) is 121 Å². The second-order valence-electron chi connectivity index (χ2n) is 7.04. The summed E-state index contributed by atoms with van der Waals surface area (Å²) < 4.78 is 61.8. The van der Waals surface area contributed by atoms with Crippen LogP contribution in [0.15, 0.2) is 51.8 Å². The molecule has 182 valence electrons. The van der Waals surface area contributed by atoms with Gasteiger partial charge in [0.1, 0.15) is 22.9 Å². The molecule has 0 saturated heterocycles. The maximum absolute atomic E-state index is 14.2. The van der Waals surface area contributed by atoms with E-state index in [4.69, 9.17) is 9.15 Å². The van der Waals surface area contributed by atoms with Crippen LogP contribution in [0.5, 0.6) is 5.75 Å². The molecule has 35 heavy (non-hydrogen) atoms. The van der Waals surface area contributed by atoms with Crippen LogP contribution in [0.1, 0.15) is 5.56 Å². The lowest BCUT2D eigenvalue weighted by Crippen LogP contribution is -2.36. The second-order valence-corrected chi connectivity index (χ2v) is 7.04. The molecule has 14 heteroatoms. The zero-order chi connectivity index (χ0) is 25.3. The Hall–Kier alpha value is -4.62. The van der Waals surface area contributed by atoms with Crippen LogP contribution in [0, 0.1) is 12.7 Å². The first-order valence-corrected chi connectivity index (χ1v) is 9.71. The van der Waals surface area contributed by atoms with Gasteiger partial charge >= 0.3 is 17.9 Å². The number of oxazole rings is 1. The average molecular weight is 493 g/mol. The van der Waals surface area contributed by atoms with Gasteiger partial charge in [0.05, 0.1) is 12.8 Å². The number of fused-ring (bicyclic) bond motifs is 1. The van der Waals surface area contributed by atoms with Gasteiger partial charge in [-0.25, -0.2) is 19.0 Å². The summed E-state index contributed by atoms with van der Waals surface area (Å²) in [5.74, 6) is -3.87. The van der Waals surface area contributed by atoms with Crippen LogP contribution in [-0.4, -0.2) is 34.0 Å². The van der Waals surface area contributed by atoms with Gasteiger partial charge in [0, 0.05) is 23.5 Å². The summed E-state index contributed by atoms with van der Waals surface area (Å²) in [6, 6.07) is 8.14. The Kier molecular flexibility index (Phi) is 6.03. The number of anilines is 4. The highest BCUT2D eigenvalue weighted by molar-refractivity contribution is 5.81. The molecule has 2 N–H and O–H groups in total. The maximum atomic E-state index is 14.2. The lowest BCUT2D eigenvalue weighted by atomic mass is 10.2. The fourth-order valence-corrected chi connectivity index (χ4v) is 2.91. The molecule has 0 bridgehead atoms. The summed E-state index contributed by atoms with van der Waals surface area (Å²) in [7, 11) is 1.41. The van der Waals surface area contributed by atoms with E-state index in [0.29, 0.717) is 11.3 Å². The molecular weight excluding hydrogens is 478 g/mol. The van der Waals surface area contributed by atoms with Gasteiger partial charge in [-0.1, -0.05) is 4.73 Å². The van der Waals surface area contributed by atoms with E-state index in [9.17, 15) is 27.2 Å². The third kappa shape index (κ3) is 5.00. The van der Waals surface area contributed by atoms with Crippen molar-refractivity contribution in [1.29, 1.82) is 0 Å². The minimum atomic E-state index is -5.32. The minimum Gasteiger partial charge on any atom is -0.497 e. The predicted molar refractivity (Wildman–Crippen MR) is 114 cm³/mol. The average Bonchev–Trinajstić information content (AvgIpc) is 3.11. The van der Waals surface area contributed by atoms with E-state index in [0.717, 1.165) is 0 Å². The van der Waals surface area contributed by atoms with E-state index < -0.39 is 23.7 Å². The van der Waals surface area contributed by atoms with Gasteiger partial charge in [-0.05, 0) is 37.3 Å². The largest absolute Gasteiger partial charge is 0.497 e. The van der Waals surface area contributed by atoms with Crippen LogP contribution in [0.4, 0.5) is 40.7 Å². The molecule has 0 aliphatic rings. The molecule has 0 amide bonds. The molecule has 2 heterocycles. The van der Waals surface area contributed by atoms with E-state index in [1.807, 2.05) is 0 Å². The highest BCUT2D eigenvalue weighted by atomic mass is 19.4. The zero-order valence-corrected chi connectivity index (χ0v) is 17.9. The fraction of sp³-hybridized carbons (Fsp3) is 0.143. The van der Waals surface area contributed by atoms with Gasteiger partial charge in [0.15, 0.2) is 5.58 Å². The van der Waals surface area contributed by atoms with Crippen LogP contribution in [0.2, 0.25) is 0 Å². The van der Waals surface area contributed by atoms with Crippen LogP contribution in [0.25, 0.3) is 11.1 Å². The van der Waals surface area contributed by atoms with Crippen molar-refractivity contribution in [2.24, 2.45) is 0 Å². The molecule has 0 aliphatic carbocycles. The highest BCUT2D eigenvalue weighted by Gasteiger charge is 2.42. The van der Waals surface area contributed by atoms with Crippen molar-refractivity contribution in [2.45, 2.75) is 13.1 Å². The molecule has 0 atom stereocenters. The summed E-state index contributed by atoms with van der Waals surface area (Å²) in [6.45, 7) is 1.68. The number of methoxy groups -OCH3 is 1. The SMILES string of the molecule is COc1ccc(Nc2ncc(C)c(Nc3ccc4oc(=O)n(OC(=O)C(F)(F)F)c4c3)n2)c(F)c1. The van der Waals surface area contributed by atoms with E-state index in [1.54, 1.807) is 13.0 Å². The van der Waals surface area contributed by atoms with Gasteiger partial charge in [-0.3, -0.25) is 0 Å². The Morgan fingerprint density at radius 3 is 2.60 bits per heavy atom. The quantitative estimate of drug-likeness (QED) is 0.386. The zero-order valence-electron chi connectivity index (χ0n) is 17.9. The van der Waals surface area contributed by atoms with Gasteiger partial charge in [-0.2, -0.15) is 18.2 Å². The first kappa shape index (κ1) is 23.5. The normalized spacial score (nSPS) is 11.4. The van der Waals surface area contributed by atoms with Crippen LogP contribution >= 0.6 is 0 Å². The number of halogens is 4. The Morgan fingerprint density at radius 2 is 1.91 bits per heavy atom. The smallest absolute Gasteiger partial charge is 0.493 e. The summed E-state index contributed by atoms with van der Waals surface area (Å²) >= 11 is 0. The summed E-state index contributed by atoms with van der Waals surface area (Å²) in [6.07, 6.45) is -3.86. The molecule has 0 fully saturated rings. The lowest BCUT2D eigenvalue weighted by Gasteiger charge is -2.12. The molecule has 4 aromatic rings. The summed E-state index contributed by atoms with van der Waals surface area (Å²) in [5, 5.41) is 5.66. The van der Waals surface area contributed by atoms with Crippen molar-refractivity contribution < 1.29 is 36.3 Å². The Balaban J connectivity index is 1.62. The van der Waals surface area contributed by atoms with Gasteiger partial charge < -0.3 is 24.6 Å². The number of benzene rings is 2. The molecule has 10 nitrogen and oxygen atoms in total. The summed E-state index contributed by atoms with van der Waals surface area (Å²) in [4.78, 5) is 35.6. The van der Waals surface area contributed by atoms with Crippen LogP contribution in [0.3, 0.4) is 0 Å². The van der Waals surface area contributed by atoms with E-state index in [2.05, 4.69) is 25.4 Å². The summed E-state index contributed by atoms with van der Waals surface area (Å²) in [5.41, 5.74) is 0.573. The number of carbonyl (C=O) groups excluding carboxylic acids is 1. The number of aryl methyl sites for hydroxylation is 1. The Morgan fingerprint density at radius 1 is 1.14 bits per heavy atom. The van der Waals surface area contributed by atoms with Crippen LogP contribution in [-0.2, 0) is 4.79 Å². The lowest BCUT2D eigenvalue weighted by molar-refractivity contribution is -0.200. The second kappa shape index (κ2) is 8.96. The minimum absolute atomic E-state index is 0.0440. The highest BCUT2D eigenvalue weighted by Crippen LogP contribution is 2.26. The van der Waals surface area contributed by atoms with Gasteiger partial charge in [-0.15, -0.1) is 0 Å². The molecule has 0 saturated carbocycles. The molecule has 0 radical (unpaired) electrons. The maximum Gasteiger partial charge on any atom is 0.493 e. The number of nitrogens with one attached hydrogen (secondary N) is 2.